The summed E-state index contributed by atoms with van der Waals surface area (Å²) in [7, 11) is -0.290. The van der Waals surface area contributed by atoms with Gasteiger partial charge in [-0.05, 0) is 58.5 Å². The molecule has 120 valence electrons. The lowest BCUT2D eigenvalue weighted by Crippen LogP contribution is -2.41. The summed E-state index contributed by atoms with van der Waals surface area (Å²) >= 11 is 0. The maximum atomic E-state index is 6.27. The predicted molar refractivity (Wildman–Crippen MR) is 89.7 cm³/mol. The minimum absolute atomic E-state index is 0.290. The molecule has 0 spiro atoms. The number of benzene rings is 1. The van der Waals surface area contributed by atoms with Crippen LogP contribution in [0.2, 0.25) is 0 Å². The van der Waals surface area contributed by atoms with Crippen molar-refractivity contribution in [3.8, 4) is 0 Å². The van der Waals surface area contributed by atoms with Gasteiger partial charge in [0.15, 0.2) is 0 Å². The molecule has 0 saturated carbocycles. The smallest absolute Gasteiger partial charge is 0.399 e. The Bertz CT molecular complexity index is 531. The maximum Gasteiger partial charge on any atom is 0.495 e. The fourth-order valence-electron chi connectivity index (χ4n) is 3.23. The van der Waals surface area contributed by atoms with Crippen LogP contribution in [0.3, 0.4) is 0 Å². The van der Waals surface area contributed by atoms with Gasteiger partial charge in [-0.3, -0.25) is 0 Å². The van der Waals surface area contributed by atoms with Crippen molar-refractivity contribution in [3.63, 3.8) is 0 Å². The Morgan fingerprint density at radius 3 is 2.36 bits per heavy atom. The normalized spacial score (nSPS) is 27.1. The van der Waals surface area contributed by atoms with Crippen molar-refractivity contribution in [2.75, 3.05) is 13.2 Å². The van der Waals surface area contributed by atoms with Crippen LogP contribution in [0.4, 0.5) is 0 Å². The van der Waals surface area contributed by atoms with E-state index in [0.717, 1.165) is 19.6 Å². The Hall–Kier alpha value is -0.835. The topological polar surface area (TPSA) is 27.7 Å². The highest BCUT2D eigenvalue weighted by molar-refractivity contribution is 6.62. The van der Waals surface area contributed by atoms with Gasteiger partial charge >= 0.3 is 7.12 Å². The Balaban J connectivity index is 1.94. The molecule has 0 amide bonds. The average molecular weight is 302 g/mol. The van der Waals surface area contributed by atoms with Crippen LogP contribution in [0.1, 0.15) is 57.6 Å². The molecule has 0 bridgehead atoms. The third kappa shape index (κ3) is 2.84. The van der Waals surface area contributed by atoms with Gasteiger partial charge in [-0.25, -0.2) is 0 Å². The molecule has 1 atom stereocenters. The van der Waals surface area contributed by atoms with Crippen molar-refractivity contribution in [2.24, 2.45) is 0 Å². The molecular formula is C18H27BO3. The van der Waals surface area contributed by atoms with Gasteiger partial charge in [0.2, 0.25) is 0 Å². The van der Waals surface area contributed by atoms with E-state index >= 15 is 0 Å². The van der Waals surface area contributed by atoms with Crippen LogP contribution in [-0.4, -0.2) is 31.5 Å². The molecule has 2 fully saturated rings. The van der Waals surface area contributed by atoms with Crippen molar-refractivity contribution >= 4 is 12.6 Å². The van der Waals surface area contributed by atoms with E-state index in [-0.39, 0.29) is 18.3 Å². The summed E-state index contributed by atoms with van der Waals surface area (Å²) in [5.74, 6) is 0.448. The highest BCUT2D eigenvalue weighted by atomic mass is 16.7. The van der Waals surface area contributed by atoms with Crippen LogP contribution in [-0.2, 0) is 14.0 Å². The second-order valence-electron chi connectivity index (χ2n) is 7.63. The Morgan fingerprint density at radius 1 is 1.09 bits per heavy atom. The third-order valence-electron chi connectivity index (χ3n) is 5.35. The van der Waals surface area contributed by atoms with Crippen LogP contribution in [0.25, 0.3) is 0 Å². The third-order valence-corrected chi connectivity index (χ3v) is 5.35. The lowest BCUT2D eigenvalue weighted by atomic mass is 9.71. The van der Waals surface area contributed by atoms with Gasteiger partial charge in [0, 0.05) is 12.5 Å². The first-order valence-corrected chi connectivity index (χ1v) is 8.34. The monoisotopic (exact) mass is 302 g/mol. The zero-order valence-corrected chi connectivity index (χ0v) is 14.4. The molecule has 1 aromatic carbocycles. The molecule has 3 rings (SSSR count). The molecular weight excluding hydrogens is 275 g/mol. The zero-order valence-electron chi connectivity index (χ0n) is 14.4. The maximum absolute atomic E-state index is 6.27. The van der Waals surface area contributed by atoms with Gasteiger partial charge in [0.1, 0.15) is 0 Å². The van der Waals surface area contributed by atoms with Crippen molar-refractivity contribution in [2.45, 2.75) is 64.6 Å². The molecule has 0 N–H and O–H groups in total. The highest BCUT2D eigenvalue weighted by Crippen LogP contribution is 2.37. The first-order valence-electron chi connectivity index (χ1n) is 8.34. The molecule has 0 aromatic heterocycles. The van der Waals surface area contributed by atoms with Crippen molar-refractivity contribution < 1.29 is 14.0 Å². The van der Waals surface area contributed by atoms with Gasteiger partial charge in [0.05, 0.1) is 17.8 Å². The molecule has 2 saturated heterocycles. The highest BCUT2D eigenvalue weighted by Gasteiger charge is 2.52. The van der Waals surface area contributed by atoms with E-state index in [1.807, 2.05) is 0 Å². The molecule has 4 heteroatoms. The number of hydrogen-bond donors (Lipinski definition) is 0. The number of aryl methyl sites for hydroxylation is 1. The van der Waals surface area contributed by atoms with Gasteiger partial charge in [-0.15, -0.1) is 0 Å². The molecule has 2 heterocycles. The fourth-order valence-corrected chi connectivity index (χ4v) is 3.23. The first-order chi connectivity index (χ1) is 10.3. The van der Waals surface area contributed by atoms with Gasteiger partial charge in [-0.1, -0.05) is 23.8 Å². The fraction of sp³-hybridized carbons (Fsp3) is 0.667. The van der Waals surface area contributed by atoms with Crippen LogP contribution in [0, 0.1) is 6.92 Å². The molecule has 0 radical (unpaired) electrons. The summed E-state index contributed by atoms with van der Waals surface area (Å²) in [6.45, 7) is 12.2. The van der Waals surface area contributed by atoms with E-state index in [0.29, 0.717) is 5.92 Å². The van der Waals surface area contributed by atoms with Gasteiger partial charge in [0.25, 0.3) is 0 Å². The molecule has 3 nitrogen and oxygen atoms in total. The number of ether oxygens (including phenoxy) is 1. The van der Waals surface area contributed by atoms with Crippen molar-refractivity contribution in [3.05, 3.63) is 29.3 Å². The lowest BCUT2D eigenvalue weighted by Gasteiger charge is -2.32. The first kappa shape index (κ1) is 16.0. The van der Waals surface area contributed by atoms with E-state index in [4.69, 9.17) is 14.0 Å². The van der Waals surface area contributed by atoms with Crippen molar-refractivity contribution in [1.82, 2.24) is 0 Å². The molecule has 1 aromatic rings. The molecule has 22 heavy (non-hydrogen) atoms. The predicted octanol–water partition coefficient (Wildman–Crippen LogP) is 3.19. The van der Waals surface area contributed by atoms with Crippen molar-refractivity contribution in [1.29, 1.82) is 0 Å². The summed E-state index contributed by atoms with van der Waals surface area (Å²) in [6, 6.07) is 6.62. The summed E-state index contributed by atoms with van der Waals surface area (Å²) in [6.07, 6.45) is 2.30. The van der Waals surface area contributed by atoms with Gasteiger partial charge < -0.3 is 14.0 Å². The SMILES string of the molecule is Cc1ccc(C2CCCOC2)c(B2OC(C)(C)C(C)(C)O2)c1. The molecule has 1 unspecified atom stereocenters. The van der Waals surface area contributed by atoms with Gasteiger partial charge in [-0.2, -0.15) is 0 Å². The largest absolute Gasteiger partial charge is 0.495 e. The van der Waals surface area contributed by atoms with Crippen LogP contribution < -0.4 is 5.46 Å². The Labute approximate surface area is 134 Å². The number of hydrogen-bond acceptors (Lipinski definition) is 3. The average Bonchev–Trinajstić information content (AvgIpc) is 2.68. The second kappa shape index (κ2) is 5.66. The summed E-state index contributed by atoms with van der Waals surface area (Å²) in [4.78, 5) is 0. The summed E-state index contributed by atoms with van der Waals surface area (Å²) < 4.78 is 18.2. The van der Waals surface area contributed by atoms with E-state index in [2.05, 4.69) is 52.8 Å². The van der Waals surface area contributed by atoms with E-state index < -0.39 is 0 Å². The second-order valence-corrected chi connectivity index (χ2v) is 7.63. The minimum atomic E-state index is -0.304. The minimum Gasteiger partial charge on any atom is -0.399 e. The summed E-state index contributed by atoms with van der Waals surface area (Å²) in [5.41, 5.74) is 3.13. The molecule has 2 aliphatic rings. The van der Waals surface area contributed by atoms with E-state index in [1.165, 1.54) is 23.0 Å². The van der Waals surface area contributed by atoms with Crippen LogP contribution in [0.5, 0.6) is 0 Å². The standard InChI is InChI=1S/C18H27BO3/c1-13-8-9-15(14-7-6-10-20-12-14)16(11-13)19-21-17(2,3)18(4,5)22-19/h8-9,11,14H,6-7,10,12H2,1-5H3. The quantitative estimate of drug-likeness (QED) is 0.785. The molecule has 2 aliphatic heterocycles. The zero-order chi connectivity index (χ0) is 16.0. The Morgan fingerprint density at radius 2 is 1.77 bits per heavy atom. The number of rotatable bonds is 2. The van der Waals surface area contributed by atoms with E-state index in [9.17, 15) is 0 Å². The van der Waals surface area contributed by atoms with Crippen LogP contribution >= 0.6 is 0 Å². The summed E-state index contributed by atoms with van der Waals surface area (Å²) in [5, 5.41) is 0. The molecule has 0 aliphatic carbocycles. The lowest BCUT2D eigenvalue weighted by molar-refractivity contribution is 0.00578. The van der Waals surface area contributed by atoms with E-state index in [1.54, 1.807) is 0 Å². The van der Waals surface area contributed by atoms with Crippen LogP contribution in [0.15, 0.2) is 18.2 Å². The Kier molecular flexibility index (Phi) is 4.13.